The Balaban J connectivity index is 1.82. The highest BCUT2D eigenvalue weighted by atomic mass is 35.5. The van der Waals surface area contributed by atoms with Gasteiger partial charge < -0.3 is 14.4 Å². The van der Waals surface area contributed by atoms with Crippen LogP contribution in [0.2, 0.25) is 10.0 Å². The van der Waals surface area contributed by atoms with Gasteiger partial charge in [0.1, 0.15) is 12.3 Å². The predicted molar refractivity (Wildman–Crippen MR) is 120 cm³/mol. The summed E-state index contributed by atoms with van der Waals surface area (Å²) >= 11 is 17.5. The zero-order valence-corrected chi connectivity index (χ0v) is 18.6. The molecule has 1 aliphatic heterocycles. The highest BCUT2D eigenvalue weighted by Gasteiger charge is 2.34. The predicted octanol–water partition coefficient (Wildman–Crippen LogP) is 5.00. The van der Waals surface area contributed by atoms with Gasteiger partial charge in [0.2, 0.25) is 0 Å². The van der Waals surface area contributed by atoms with E-state index in [0.717, 1.165) is 11.1 Å². The van der Waals surface area contributed by atoms with Crippen LogP contribution >= 0.6 is 35.4 Å². The number of carbonyl (C=O) groups is 1. The summed E-state index contributed by atoms with van der Waals surface area (Å²) in [5.41, 5.74) is 2.13. The zero-order valence-electron chi connectivity index (χ0n) is 16.2. The summed E-state index contributed by atoms with van der Waals surface area (Å²) in [5.74, 6) is 1.00. The third-order valence-corrected chi connectivity index (χ3v) is 5.63. The molecule has 29 heavy (non-hydrogen) atoms. The maximum Gasteiger partial charge on any atom is 0.276 e. The van der Waals surface area contributed by atoms with Gasteiger partial charge in [-0.15, -0.1) is 0 Å². The van der Waals surface area contributed by atoms with Crippen LogP contribution in [0.1, 0.15) is 18.1 Å². The van der Waals surface area contributed by atoms with Crippen molar-refractivity contribution < 1.29 is 14.3 Å². The molecule has 0 atom stereocenters. The van der Waals surface area contributed by atoms with Crippen LogP contribution in [-0.2, 0) is 11.4 Å². The molecule has 5 nitrogen and oxygen atoms in total. The first-order valence-corrected chi connectivity index (χ1v) is 10.1. The van der Waals surface area contributed by atoms with Crippen LogP contribution in [-0.4, -0.2) is 41.5 Å². The number of ether oxygens (including phenoxy) is 2. The van der Waals surface area contributed by atoms with E-state index in [1.54, 1.807) is 48.2 Å². The summed E-state index contributed by atoms with van der Waals surface area (Å²) in [6.45, 7) is 2.69. The molecular formula is C21H20Cl2N2O3S. The van der Waals surface area contributed by atoms with Crippen LogP contribution in [0.4, 0.5) is 0 Å². The summed E-state index contributed by atoms with van der Waals surface area (Å²) in [4.78, 5) is 15.8. The van der Waals surface area contributed by atoms with E-state index < -0.39 is 0 Å². The number of thiocarbonyl (C=S) groups is 1. The highest BCUT2D eigenvalue weighted by Crippen LogP contribution is 2.32. The Labute approximate surface area is 185 Å². The van der Waals surface area contributed by atoms with Crippen molar-refractivity contribution >= 4 is 52.5 Å². The van der Waals surface area contributed by atoms with Crippen molar-refractivity contribution in [3.8, 4) is 11.5 Å². The van der Waals surface area contributed by atoms with Crippen molar-refractivity contribution in [3.63, 3.8) is 0 Å². The van der Waals surface area contributed by atoms with E-state index in [9.17, 15) is 4.79 Å². The monoisotopic (exact) mass is 450 g/mol. The van der Waals surface area contributed by atoms with E-state index in [2.05, 4.69) is 0 Å². The van der Waals surface area contributed by atoms with Crippen LogP contribution in [0.3, 0.4) is 0 Å². The Morgan fingerprint density at radius 1 is 1.14 bits per heavy atom. The lowest BCUT2D eigenvalue weighted by Crippen LogP contribution is -2.30. The SMILES string of the molecule is CCN1C(=O)/C(=C/c2ccc(OCc3ccc(Cl)cc3Cl)c(OC)c2)N(C)C1=S. The van der Waals surface area contributed by atoms with Gasteiger partial charge in [0.05, 0.1) is 7.11 Å². The first-order valence-electron chi connectivity index (χ1n) is 8.91. The maximum absolute atomic E-state index is 12.5. The Morgan fingerprint density at radius 3 is 2.52 bits per heavy atom. The number of hydrogen-bond acceptors (Lipinski definition) is 4. The standard InChI is InChI=1S/C21H20Cl2N2O3S/c1-4-25-20(26)17(24(2)21(25)29)9-13-5-8-18(19(10-13)27-3)28-12-14-6-7-15(22)11-16(14)23/h5-11H,4,12H2,1-3H3/b17-9-. The van der Waals surface area contributed by atoms with E-state index in [4.69, 9.17) is 44.9 Å². The molecule has 1 saturated heterocycles. The molecule has 0 bridgehead atoms. The van der Waals surface area contributed by atoms with Gasteiger partial charge in [-0.25, -0.2) is 0 Å². The molecule has 1 amide bonds. The second-order valence-electron chi connectivity index (χ2n) is 6.36. The van der Waals surface area contributed by atoms with Gasteiger partial charge in [0, 0.05) is 29.2 Å². The lowest BCUT2D eigenvalue weighted by molar-refractivity contribution is -0.122. The maximum atomic E-state index is 12.5. The topological polar surface area (TPSA) is 42.0 Å². The van der Waals surface area contributed by atoms with E-state index >= 15 is 0 Å². The van der Waals surface area contributed by atoms with Crippen molar-refractivity contribution in [2.45, 2.75) is 13.5 Å². The fourth-order valence-corrected chi connectivity index (χ4v) is 3.71. The molecule has 0 N–H and O–H groups in total. The Kier molecular flexibility index (Phi) is 6.67. The van der Waals surface area contributed by atoms with Gasteiger partial charge in [0.25, 0.3) is 5.91 Å². The smallest absolute Gasteiger partial charge is 0.276 e. The fourth-order valence-electron chi connectivity index (χ4n) is 2.94. The Bertz CT molecular complexity index is 994. The molecule has 1 aliphatic rings. The van der Waals surface area contributed by atoms with Crippen LogP contribution in [0.25, 0.3) is 6.08 Å². The van der Waals surface area contributed by atoms with Crippen molar-refractivity contribution in [1.82, 2.24) is 9.80 Å². The normalized spacial score (nSPS) is 15.4. The van der Waals surface area contributed by atoms with E-state index in [1.807, 2.05) is 25.1 Å². The minimum Gasteiger partial charge on any atom is -0.493 e. The minimum atomic E-state index is -0.114. The van der Waals surface area contributed by atoms with Gasteiger partial charge >= 0.3 is 0 Å². The van der Waals surface area contributed by atoms with Crippen LogP contribution in [0.15, 0.2) is 42.1 Å². The van der Waals surface area contributed by atoms with E-state index in [1.165, 1.54) is 0 Å². The number of carbonyl (C=O) groups excluding carboxylic acids is 1. The second-order valence-corrected chi connectivity index (χ2v) is 7.56. The number of benzene rings is 2. The van der Waals surface area contributed by atoms with Gasteiger partial charge in [0.15, 0.2) is 16.6 Å². The number of likely N-dealkylation sites (N-methyl/N-ethyl adjacent to an activating group) is 2. The molecule has 0 spiro atoms. The minimum absolute atomic E-state index is 0.114. The lowest BCUT2D eigenvalue weighted by atomic mass is 10.1. The molecule has 2 aromatic carbocycles. The quantitative estimate of drug-likeness (QED) is 0.457. The summed E-state index contributed by atoms with van der Waals surface area (Å²) in [7, 11) is 3.35. The van der Waals surface area contributed by atoms with E-state index in [0.29, 0.717) is 38.9 Å². The van der Waals surface area contributed by atoms with Crippen molar-refractivity contribution in [3.05, 3.63) is 63.3 Å². The zero-order chi connectivity index (χ0) is 21.1. The van der Waals surface area contributed by atoms with Gasteiger partial charge in [-0.2, -0.15) is 0 Å². The summed E-state index contributed by atoms with van der Waals surface area (Å²) in [6, 6.07) is 10.7. The first kappa shape index (κ1) is 21.4. The molecule has 2 aromatic rings. The number of amides is 1. The molecule has 1 heterocycles. The Morgan fingerprint density at radius 2 is 1.90 bits per heavy atom. The molecule has 0 aliphatic carbocycles. The van der Waals surface area contributed by atoms with Gasteiger partial charge in [-0.1, -0.05) is 35.3 Å². The van der Waals surface area contributed by atoms with E-state index in [-0.39, 0.29) is 12.5 Å². The third-order valence-electron chi connectivity index (χ3n) is 4.55. The number of hydrogen-bond donors (Lipinski definition) is 0. The molecule has 1 fully saturated rings. The summed E-state index contributed by atoms with van der Waals surface area (Å²) < 4.78 is 11.3. The molecule has 0 saturated carbocycles. The number of methoxy groups -OCH3 is 1. The Hall–Kier alpha value is -2.28. The van der Waals surface area contributed by atoms with Gasteiger partial charge in [-0.3, -0.25) is 9.69 Å². The molecule has 8 heteroatoms. The summed E-state index contributed by atoms with van der Waals surface area (Å²) in [6.07, 6.45) is 1.78. The number of rotatable bonds is 6. The van der Waals surface area contributed by atoms with Crippen LogP contribution in [0.5, 0.6) is 11.5 Å². The number of halogens is 2. The molecule has 0 unspecified atom stereocenters. The van der Waals surface area contributed by atoms with Crippen LogP contribution in [0, 0.1) is 0 Å². The molecular weight excluding hydrogens is 431 g/mol. The summed E-state index contributed by atoms with van der Waals surface area (Å²) in [5, 5.41) is 1.61. The molecule has 3 rings (SSSR count). The second kappa shape index (κ2) is 9.03. The molecule has 0 radical (unpaired) electrons. The third kappa shape index (κ3) is 4.50. The van der Waals surface area contributed by atoms with Crippen LogP contribution < -0.4 is 9.47 Å². The van der Waals surface area contributed by atoms with Gasteiger partial charge in [-0.05, 0) is 55.0 Å². The average Bonchev–Trinajstić information content (AvgIpc) is 2.90. The molecule has 0 aromatic heterocycles. The fraction of sp³-hybridized carbons (Fsp3) is 0.238. The van der Waals surface area contributed by atoms with Crippen molar-refractivity contribution in [2.24, 2.45) is 0 Å². The van der Waals surface area contributed by atoms with Crippen molar-refractivity contribution in [1.29, 1.82) is 0 Å². The number of nitrogens with zero attached hydrogens (tertiary/aromatic N) is 2. The average molecular weight is 451 g/mol. The first-order chi connectivity index (χ1) is 13.8. The highest BCUT2D eigenvalue weighted by molar-refractivity contribution is 7.80. The largest absolute Gasteiger partial charge is 0.493 e. The van der Waals surface area contributed by atoms with Crippen molar-refractivity contribution in [2.75, 3.05) is 20.7 Å². The lowest BCUT2D eigenvalue weighted by Gasteiger charge is -2.14. The molecule has 152 valence electrons.